The molecule has 0 saturated carbocycles. The van der Waals surface area contributed by atoms with E-state index in [4.69, 9.17) is 11.6 Å². The van der Waals surface area contributed by atoms with Gasteiger partial charge < -0.3 is 0 Å². The normalized spacial score (nSPS) is 10.5. The molecule has 0 unspecified atom stereocenters. The molecule has 0 heterocycles. The second kappa shape index (κ2) is 4.43. The molecule has 0 fully saturated rings. The molecule has 0 aliphatic rings. The Morgan fingerprint density at radius 2 is 2.17 bits per heavy atom. The van der Waals surface area contributed by atoms with Gasteiger partial charge in [-0.15, -0.1) is 0 Å². The van der Waals surface area contributed by atoms with Crippen LogP contribution in [0.15, 0.2) is 28.7 Å². The summed E-state index contributed by atoms with van der Waals surface area (Å²) in [5.41, 5.74) is 0.912. The van der Waals surface area contributed by atoms with Crippen LogP contribution in [0.5, 0.6) is 0 Å². The van der Waals surface area contributed by atoms with Crippen molar-refractivity contribution in [3.8, 4) is 0 Å². The molecule has 0 bridgehead atoms. The van der Waals surface area contributed by atoms with Gasteiger partial charge in [-0.1, -0.05) is 23.7 Å². The van der Waals surface area contributed by atoms with E-state index in [1.165, 1.54) is 6.08 Å². The highest BCUT2D eigenvalue weighted by atomic mass is 79.9. The summed E-state index contributed by atoms with van der Waals surface area (Å²) in [7, 11) is 0. The van der Waals surface area contributed by atoms with E-state index in [0.717, 1.165) is 16.3 Å². The minimum absolute atomic E-state index is 0.642. The molecule has 0 aliphatic heterocycles. The first kappa shape index (κ1) is 9.49. The molecule has 3 heteroatoms. The lowest BCUT2D eigenvalue weighted by molar-refractivity contribution is -0.104. The van der Waals surface area contributed by atoms with Crippen molar-refractivity contribution in [1.82, 2.24) is 0 Å². The van der Waals surface area contributed by atoms with Gasteiger partial charge in [0.2, 0.25) is 0 Å². The van der Waals surface area contributed by atoms with Gasteiger partial charge in [0.25, 0.3) is 0 Å². The van der Waals surface area contributed by atoms with Gasteiger partial charge in [-0.3, -0.25) is 4.79 Å². The molecule has 62 valence electrons. The van der Waals surface area contributed by atoms with Crippen LogP contribution >= 0.6 is 27.5 Å². The molecular weight excluding hydrogens is 239 g/mol. The number of benzene rings is 1. The van der Waals surface area contributed by atoms with E-state index in [-0.39, 0.29) is 0 Å². The third-order valence-corrected chi connectivity index (χ3v) is 2.54. The molecule has 0 aromatic heterocycles. The molecule has 0 N–H and O–H groups in total. The molecule has 0 aliphatic carbocycles. The largest absolute Gasteiger partial charge is 0.299 e. The standard InChI is InChI=1S/C9H6BrClO/c10-8-4-3-7(2-1-5-12)6-9(8)11/h1-6H. The van der Waals surface area contributed by atoms with Crippen molar-refractivity contribution in [2.75, 3.05) is 0 Å². The lowest BCUT2D eigenvalue weighted by Gasteiger charge is -1.96. The Kier molecular flexibility index (Phi) is 3.50. The number of rotatable bonds is 2. The average molecular weight is 246 g/mol. The molecule has 0 amide bonds. The monoisotopic (exact) mass is 244 g/mol. The number of aldehydes is 1. The average Bonchev–Trinajstić information content (AvgIpc) is 2.07. The van der Waals surface area contributed by atoms with Gasteiger partial charge in [-0.05, 0) is 39.7 Å². The Labute approximate surface area is 84.2 Å². The van der Waals surface area contributed by atoms with Crippen LogP contribution in [-0.4, -0.2) is 6.29 Å². The van der Waals surface area contributed by atoms with Crippen LogP contribution in [0.3, 0.4) is 0 Å². The first-order valence-corrected chi connectivity index (χ1v) is 4.48. The summed E-state index contributed by atoms with van der Waals surface area (Å²) in [4.78, 5) is 10.0. The van der Waals surface area contributed by atoms with Crippen LogP contribution in [0, 0.1) is 0 Å². The fourth-order valence-corrected chi connectivity index (χ4v) is 1.20. The van der Waals surface area contributed by atoms with Crippen LogP contribution in [0.25, 0.3) is 6.08 Å². The fraction of sp³-hybridized carbons (Fsp3) is 0. The van der Waals surface area contributed by atoms with Crippen molar-refractivity contribution >= 4 is 39.9 Å². The predicted octanol–water partition coefficient (Wildman–Crippen LogP) is 3.31. The quantitative estimate of drug-likeness (QED) is 0.577. The maximum absolute atomic E-state index is 10.0. The molecule has 0 radical (unpaired) electrons. The number of halogens is 2. The van der Waals surface area contributed by atoms with Gasteiger partial charge in [0.1, 0.15) is 6.29 Å². The predicted molar refractivity (Wildman–Crippen MR) is 54.3 cm³/mol. The molecule has 1 rings (SSSR count). The van der Waals surface area contributed by atoms with E-state index in [0.29, 0.717) is 5.02 Å². The SMILES string of the molecule is O=CC=Cc1ccc(Br)c(Cl)c1. The summed E-state index contributed by atoms with van der Waals surface area (Å²) in [5, 5.41) is 0.642. The lowest BCUT2D eigenvalue weighted by atomic mass is 10.2. The molecule has 0 spiro atoms. The van der Waals surface area contributed by atoms with Gasteiger partial charge in [0.05, 0.1) is 5.02 Å². The smallest absolute Gasteiger partial charge is 0.142 e. The highest BCUT2D eigenvalue weighted by Crippen LogP contribution is 2.23. The van der Waals surface area contributed by atoms with Crippen LogP contribution in [0.1, 0.15) is 5.56 Å². The maximum Gasteiger partial charge on any atom is 0.142 e. The summed E-state index contributed by atoms with van der Waals surface area (Å²) >= 11 is 9.10. The van der Waals surface area contributed by atoms with Crippen molar-refractivity contribution in [2.45, 2.75) is 0 Å². The van der Waals surface area contributed by atoms with Crippen LogP contribution in [-0.2, 0) is 4.79 Å². The minimum Gasteiger partial charge on any atom is -0.299 e. The second-order valence-electron chi connectivity index (χ2n) is 2.17. The summed E-state index contributed by atoms with van der Waals surface area (Å²) in [6.45, 7) is 0. The van der Waals surface area contributed by atoms with Gasteiger partial charge in [-0.2, -0.15) is 0 Å². The fourth-order valence-electron chi connectivity index (χ4n) is 0.766. The van der Waals surface area contributed by atoms with E-state index in [1.807, 2.05) is 12.1 Å². The number of allylic oxidation sites excluding steroid dienone is 1. The highest BCUT2D eigenvalue weighted by Gasteiger charge is 1.95. The zero-order valence-corrected chi connectivity index (χ0v) is 8.47. The highest BCUT2D eigenvalue weighted by molar-refractivity contribution is 9.10. The summed E-state index contributed by atoms with van der Waals surface area (Å²) in [5.74, 6) is 0. The van der Waals surface area contributed by atoms with Gasteiger partial charge in [0.15, 0.2) is 0 Å². The lowest BCUT2D eigenvalue weighted by Crippen LogP contribution is -1.73. The topological polar surface area (TPSA) is 17.1 Å². The summed E-state index contributed by atoms with van der Waals surface area (Å²) < 4.78 is 0.854. The molecule has 1 aromatic rings. The van der Waals surface area contributed by atoms with Crippen LogP contribution in [0.2, 0.25) is 5.02 Å². The zero-order valence-electron chi connectivity index (χ0n) is 6.13. The van der Waals surface area contributed by atoms with E-state index in [1.54, 1.807) is 12.1 Å². The Morgan fingerprint density at radius 1 is 1.42 bits per heavy atom. The molecule has 0 saturated heterocycles. The first-order valence-electron chi connectivity index (χ1n) is 3.31. The number of carbonyl (C=O) groups excluding carboxylic acids is 1. The summed E-state index contributed by atoms with van der Waals surface area (Å²) in [6.07, 6.45) is 3.86. The van der Waals surface area contributed by atoms with Crippen molar-refractivity contribution in [2.24, 2.45) is 0 Å². The van der Waals surface area contributed by atoms with E-state index in [9.17, 15) is 4.79 Å². The zero-order chi connectivity index (χ0) is 8.97. The van der Waals surface area contributed by atoms with E-state index < -0.39 is 0 Å². The molecule has 1 aromatic carbocycles. The second-order valence-corrected chi connectivity index (χ2v) is 3.43. The minimum atomic E-state index is 0.642. The third-order valence-electron chi connectivity index (χ3n) is 1.31. The molecule has 12 heavy (non-hydrogen) atoms. The van der Waals surface area contributed by atoms with Gasteiger partial charge in [-0.25, -0.2) is 0 Å². The number of hydrogen-bond donors (Lipinski definition) is 0. The van der Waals surface area contributed by atoms with Crippen LogP contribution < -0.4 is 0 Å². The molecule has 0 atom stereocenters. The Bertz CT molecular complexity index is 320. The van der Waals surface area contributed by atoms with E-state index in [2.05, 4.69) is 15.9 Å². The van der Waals surface area contributed by atoms with Crippen molar-refractivity contribution < 1.29 is 4.79 Å². The Hall–Kier alpha value is -0.600. The van der Waals surface area contributed by atoms with Crippen molar-refractivity contribution in [3.63, 3.8) is 0 Å². The number of carbonyl (C=O) groups is 1. The van der Waals surface area contributed by atoms with Gasteiger partial charge in [0, 0.05) is 4.47 Å². The first-order chi connectivity index (χ1) is 5.74. The maximum atomic E-state index is 10.0. The Balaban J connectivity index is 2.96. The summed E-state index contributed by atoms with van der Waals surface area (Å²) in [6, 6.07) is 5.49. The van der Waals surface area contributed by atoms with E-state index >= 15 is 0 Å². The van der Waals surface area contributed by atoms with Crippen molar-refractivity contribution in [1.29, 1.82) is 0 Å². The van der Waals surface area contributed by atoms with Gasteiger partial charge >= 0.3 is 0 Å². The molecule has 1 nitrogen and oxygen atoms in total. The number of hydrogen-bond acceptors (Lipinski definition) is 1. The Morgan fingerprint density at radius 3 is 2.75 bits per heavy atom. The van der Waals surface area contributed by atoms with Crippen molar-refractivity contribution in [3.05, 3.63) is 39.3 Å². The van der Waals surface area contributed by atoms with Crippen LogP contribution in [0.4, 0.5) is 0 Å². The third kappa shape index (κ3) is 2.47. The molecular formula is C9H6BrClO.